The fraction of sp³-hybridized carbons (Fsp3) is 0.571. The van der Waals surface area contributed by atoms with Crippen molar-refractivity contribution >= 4 is 0 Å². The zero-order valence-electron chi connectivity index (χ0n) is 11.2. The molecule has 6 heteroatoms. The Bertz CT molecular complexity index is 450. The molecule has 1 atom stereocenters. The predicted octanol–water partition coefficient (Wildman–Crippen LogP) is 1.82. The van der Waals surface area contributed by atoms with Crippen LogP contribution in [0.15, 0.2) is 12.1 Å². The summed E-state index contributed by atoms with van der Waals surface area (Å²) in [7, 11) is 0. The van der Waals surface area contributed by atoms with Crippen LogP contribution in [0.1, 0.15) is 24.4 Å². The third kappa shape index (κ3) is 3.50. The van der Waals surface area contributed by atoms with Crippen LogP contribution in [0.3, 0.4) is 0 Å². The van der Waals surface area contributed by atoms with Gasteiger partial charge in [-0.15, -0.1) is 0 Å². The number of nitrogens with one attached hydrogen (secondary N) is 1. The number of hydrogen-bond donors (Lipinski definition) is 2. The van der Waals surface area contributed by atoms with Crippen molar-refractivity contribution in [1.29, 1.82) is 0 Å². The highest BCUT2D eigenvalue weighted by Gasteiger charge is 2.25. The fourth-order valence-electron chi connectivity index (χ4n) is 2.61. The summed E-state index contributed by atoms with van der Waals surface area (Å²) in [6, 6.07) is 1.20. The molecule has 0 bridgehead atoms. The van der Waals surface area contributed by atoms with Gasteiger partial charge in [0.25, 0.3) is 0 Å². The van der Waals surface area contributed by atoms with Gasteiger partial charge in [-0.25, -0.2) is 13.2 Å². The summed E-state index contributed by atoms with van der Waals surface area (Å²) in [5.41, 5.74) is 0.166. The molecule has 1 aliphatic rings. The Hall–Kier alpha value is -1.11. The summed E-state index contributed by atoms with van der Waals surface area (Å²) in [5.74, 6) is -2.94. The van der Waals surface area contributed by atoms with Crippen molar-refractivity contribution in [3.05, 3.63) is 35.1 Å². The number of aliphatic hydroxyl groups excluding tert-OH is 1. The van der Waals surface area contributed by atoms with Crippen LogP contribution in [0.25, 0.3) is 0 Å². The van der Waals surface area contributed by atoms with E-state index in [1.165, 1.54) is 0 Å². The molecule has 2 N–H and O–H groups in total. The highest BCUT2D eigenvalue weighted by atomic mass is 19.2. The van der Waals surface area contributed by atoms with Crippen LogP contribution >= 0.6 is 0 Å². The van der Waals surface area contributed by atoms with Crippen LogP contribution in [-0.4, -0.2) is 42.8 Å². The van der Waals surface area contributed by atoms with E-state index >= 15 is 0 Å². The summed E-state index contributed by atoms with van der Waals surface area (Å²) in [4.78, 5) is 2.04. The largest absolute Gasteiger partial charge is 0.396 e. The minimum absolute atomic E-state index is 0.00607. The number of aliphatic hydroxyl groups is 1. The average molecular weight is 288 g/mol. The minimum Gasteiger partial charge on any atom is -0.396 e. The van der Waals surface area contributed by atoms with Crippen molar-refractivity contribution in [2.24, 2.45) is 0 Å². The number of rotatable bonds is 5. The van der Waals surface area contributed by atoms with E-state index in [0.717, 1.165) is 19.2 Å². The average Bonchev–Trinajstić information content (AvgIpc) is 2.45. The van der Waals surface area contributed by atoms with Gasteiger partial charge in [0.2, 0.25) is 0 Å². The summed E-state index contributed by atoms with van der Waals surface area (Å²) in [6.07, 6.45) is 1.01. The van der Waals surface area contributed by atoms with Crippen molar-refractivity contribution in [3.8, 4) is 0 Å². The minimum atomic E-state index is -1.17. The molecule has 0 unspecified atom stereocenters. The second-order valence-electron chi connectivity index (χ2n) is 4.96. The fourth-order valence-corrected chi connectivity index (χ4v) is 2.61. The van der Waals surface area contributed by atoms with Gasteiger partial charge >= 0.3 is 0 Å². The van der Waals surface area contributed by atoms with Gasteiger partial charge in [0.15, 0.2) is 11.6 Å². The first-order chi connectivity index (χ1) is 9.63. The zero-order chi connectivity index (χ0) is 14.5. The van der Waals surface area contributed by atoms with Gasteiger partial charge in [0.05, 0.1) is 0 Å². The van der Waals surface area contributed by atoms with Crippen molar-refractivity contribution in [1.82, 2.24) is 10.2 Å². The van der Waals surface area contributed by atoms with E-state index in [2.05, 4.69) is 5.32 Å². The van der Waals surface area contributed by atoms with Crippen LogP contribution in [0.2, 0.25) is 0 Å². The van der Waals surface area contributed by atoms with Crippen molar-refractivity contribution in [2.75, 3.05) is 32.8 Å². The highest BCUT2D eigenvalue weighted by Crippen LogP contribution is 2.29. The molecule has 0 amide bonds. The molecule has 0 saturated carbocycles. The maximum absolute atomic E-state index is 14.0. The standard InChI is InChI=1S/C14H19F3N2O/c15-11-9-13(17)12(16)8-10(11)14(2-1-7-20)19-5-3-18-4-6-19/h8-9,14,18,20H,1-7H2/t14-/m1/s1. The van der Waals surface area contributed by atoms with Gasteiger partial charge in [-0.3, -0.25) is 4.90 Å². The Morgan fingerprint density at radius 1 is 1.10 bits per heavy atom. The van der Waals surface area contributed by atoms with Crippen LogP contribution < -0.4 is 5.32 Å². The molecule has 0 spiro atoms. The first-order valence-corrected chi connectivity index (χ1v) is 6.83. The smallest absolute Gasteiger partial charge is 0.161 e. The highest BCUT2D eigenvalue weighted by molar-refractivity contribution is 5.24. The molecular weight excluding hydrogens is 269 g/mol. The molecule has 1 aromatic rings. The van der Waals surface area contributed by atoms with Crippen LogP contribution in [0, 0.1) is 17.5 Å². The quantitative estimate of drug-likeness (QED) is 0.811. The predicted molar refractivity (Wildman–Crippen MR) is 69.8 cm³/mol. The second kappa shape index (κ2) is 7.06. The topological polar surface area (TPSA) is 35.5 Å². The Kier molecular flexibility index (Phi) is 5.39. The van der Waals surface area contributed by atoms with E-state index in [4.69, 9.17) is 5.11 Å². The zero-order valence-corrected chi connectivity index (χ0v) is 11.2. The maximum Gasteiger partial charge on any atom is 0.161 e. The van der Waals surface area contributed by atoms with E-state index < -0.39 is 17.5 Å². The van der Waals surface area contributed by atoms with Crippen molar-refractivity contribution < 1.29 is 18.3 Å². The Morgan fingerprint density at radius 3 is 2.40 bits per heavy atom. The van der Waals surface area contributed by atoms with E-state index in [1.807, 2.05) is 4.90 Å². The third-order valence-electron chi connectivity index (χ3n) is 3.63. The molecule has 1 aliphatic heterocycles. The normalized spacial score (nSPS) is 18.2. The van der Waals surface area contributed by atoms with Crippen molar-refractivity contribution in [2.45, 2.75) is 18.9 Å². The summed E-state index contributed by atoms with van der Waals surface area (Å²) in [6.45, 7) is 2.98. The Morgan fingerprint density at radius 2 is 1.75 bits per heavy atom. The molecule has 1 aromatic carbocycles. The molecule has 1 heterocycles. The molecular formula is C14H19F3N2O. The van der Waals surface area contributed by atoms with Gasteiger partial charge in [-0.1, -0.05) is 0 Å². The van der Waals surface area contributed by atoms with E-state index in [-0.39, 0.29) is 18.2 Å². The third-order valence-corrected chi connectivity index (χ3v) is 3.63. The lowest BCUT2D eigenvalue weighted by molar-refractivity contribution is 0.151. The van der Waals surface area contributed by atoms with Gasteiger partial charge < -0.3 is 10.4 Å². The molecule has 1 fully saturated rings. The summed E-state index contributed by atoms with van der Waals surface area (Å²) < 4.78 is 40.4. The molecule has 20 heavy (non-hydrogen) atoms. The number of benzene rings is 1. The second-order valence-corrected chi connectivity index (χ2v) is 4.96. The molecule has 2 rings (SSSR count). The Labute approximate surface area is 116 Å². The maximum atomic E-state index is 14.0. The van der Waals surface area contributed by atoms with Crippen LogP contribution in [0.5, 0.6) is 0 Å². The molecule has 0 aliphatic carbocycles. The van der Waals surface area contributed by atoms with E-state index in [9.17, 15) is 13.2 Å². The van der Waals surface area contributed by atoms with Crippen LogP contribution in [0.4, 0.5) is 13.2 Å². The monoisotopic (exact) mass is 288 g/mol. The number of nitrogens with zero attached hydrogens (tertiary/aromatic N) is 1. The molecule has 0 aromatic heterocycles. The number of piperazine rings is 1. The molecule has 1 saturated heterocycles. The molecule has 0 radical (unpaired) electrons. The number of halogens is 3. The Balaban J connectivity index is 2.27. The number of hydrogen-bond acceptors (Lipinski definition) is 3. The van der Waals surface area contributed by atoms with E-state index in [0.29, 0.717) is 32.0 Å². The molecule has 3 nitrogen and oxygen atoms in total. The first-order valence-electron chi connectivity index (χ1n) is 6.83. The summed E-state index contributed by atoms with van der Waals surface area (Å²) in [5, 5.41) is 12.2. The lowest BCUT2D eigenvalue weighted by atomic mass is 9.98. The lowest BCUT2D eigenvalue weighted by Crippen LogP contribution is -2.45. The van der Waals surface area contributed by atoms with E-state index in [1.54, 1.807) is 0 Å². The van der Waals surface area contributed by atoms with Crippen molar-refractivity contribution in [3.63, 3.8) is 0 Å². The first kappa shape index (κ1) is 15.3. The van der Waals surface area contributed by atoms with Gasteiger partial charge in [0, 0.05) is 50.5 Å². The summed E-state index contributed by atoms with van der Waals surface area (Å²) >= 11 is 0. The SMILES string of the molecule is OCCC[C@H](c1cc(F)c(F)cc1F)N1CCNCC1. The molecule has 112 valence electrons. The van der Waals surface area contributed by atoms with Gasteiger partial charge in [-0.2, -0.15) is 0 Å². The van der Waals surface area contributed by atoms with Gasteiger partial charge in [0.1, 0.15) is 5.82 Å². The van der Waals surface area contributed by atoms with Gasteiger partial charge in [-0.05, 0) is 18.9 Å². The lowest BCUT2D eigenvalue weighted by Gasteiger charge is -2.35. The van der Waals surface area contributed by atoms with Crippen LogP contribution in [-0.2, 0) is 0 Å².